The molecule has 2 aromatic carbocycles. The molecule has 1 aliphatic carbocycles. The lowest BCUT2D eigenvalue weighted by molar-refractivity contribution is -0.143. The Hall–Kier alpha value is -2.95. The summed E-state index contributed by atoms with van der Waals surface area (Å²) in [6.45, 7) is 2.75. The van der Waals surface area contributed by atoms with Gasteiger partial charge in [0.1, 0.15) is 5.82 Å². The van der Waals surface area contributed by atoms with E-state index in [1.807, 2.05) is 9.47 Å². The number of fused-ring (bicyclic) bond motifs is 1. The number of aromatic nitrogens is 1. The maximum Gasteiger partial charge on any atom is 0.306 e. The number of likely N-dealkylation sites (tertiary alicyclic amines) is 1. The van der Waals surface area contributed by atoms with Crippen LogP contribution in [0.15, 0.2) is 47.4 Å². The first-order valence-electron chi connectivity index (χ1n) is 14.6. The summed E-state index contributed by atoms with van der Waals surface area (Å²) in [6, 6.07) is 10.9. The highest BCUT2D eigenvalue weighted by molar-refractivity contribution is 7.89. The number of amides is 1. The van der Waals surface area contributed by atoms with Crippen LogP contribution in [0.3, 0.4) is 0 Å². The lowest BCUT2D eigenvalue weighted by atomic mass is 9.85. The highest BCUT2D eigenvalue weighted by Crippen LogP contribution is 2.37. The van der Waals surface area contributed by atoms with E-state index in [0.29, 0.717) is 55.8 Å². The first-order chi connectivity index (χ1) is 20.1. The van der Waals surface area contributed by atoms with Gasteiger partial charge < -0.3 is 14.2 Å². The van der Waals surface area contributed by atoms with Crippen molar-refractivity contribution < 1.29 is 27.1 Å². The van der Waals surface area contributed by atoms with Crippen molar-refractivity contribution in [3.63, 3.8) is 0 Å². The van der Waals surface area contributed by atoms with Crippen LogP contribution in [-0.4, -0.2) is 49.0 Å². The fourth-order valence-corrected chi connectivity index (χ4v) is 8.07. The molecule has 2 aliphatic rings. The zero-order chi connectivity index (χ0) is 30.0. The lowest BCUT2D eigenvalue weighted by Crippen LogP contribution is -2.42. The molecule has 226 valence electrons. The number of esters is 1. The third-order valence-electron chi connectivity index (χ3n) is 8.60. The molecule has 1 aliphatic heterocycles. The Labute approximate surface area is 251 Å². The Morgan fingerprint density at radius 3 is 2.48 bits per heavy atom. The standard InChI is InChI=1S/C31H37ClFN3O5S/c1-3-41-29(37)17-16-27-30(32)25-15-14-24(19-28(25)35(27)2)42(39,40)34-23-12-8-21(9-13-23)31(38)36-18-4-5-26(36)20-6-10-22(33)11-7-20/h6-7,10-11,14-15,19,21,23,26,34H,3-5,8-9,12-13,16-18H2,1-2H3. The highest BCUT2D eigenvalue weighted by atomic mass is 35.5. The fourth-order valence-electron chi connectivity index (χ4n) is 6.36. The second kappa shape index (κ2) is 12.7. The molecule has 1 atom stereocenters. The number of sulfonamides is 1. The van der Waals surface area contributed by atoms with Crippen molar-refractivity contribution in [2.24, 2.45) is 13.0 Å². The zero-order valence-electron chi connectivity index (χ0n) is 23.9. The van der Waals surface area contributed by atoms with Gasteiger partial charge in [-0.05, 0) is 87.8 Å². The molecule has 5 rings (SSSR count). The summed E-state index contributed by atoms with van der Waals surface area (Å²) in [4.78, 5) is 27.3. The SMILES string of the molecule is CCOC(=O)CCc1c(Cl)c2ccc(S(=O)(=O)NC3CCC(C(=O)N4CCCC4c4ccc(F)cc4)CC3)cc2n1C. The number of nitrogens with zero attached hydrogens (tertiary/aromatic N) is 2. The average molecular weight is 618 g/mol. The van der Waals surface area contributed by atoms with E-state index in [1.54, 1.807) is 44.3 Å². The first kappa shape index (κ1) is 30.5. The van der Waals surface area contributed by atoms with Crippen LogP contribution in [0.5, 0.6) is 0 Å². The van der Waals surface area contributed by atoms with Crippen molar-refractivity contribution in [1.29, 1.82) is 0 Å². The van der Waals surface area contributed by atoms with Gasteiger partial charge in [0.25, 0.3) is 0 Å². The van der Waals surface area contributed by atoms with Gasteiger partial charge in [0, 0.05) is 36.6 Å². The van der Waals surface area contributed by atoms with Gasteiger partial charge in [-0.25, -0.2) is 17.5 Å². The second-order valence-corrected chi connectivity index (χ2v) is 13.3. The zero-order valence-corrected chi connectivity index (χ0v) is 25.5. The van der Waals surface area contributed by atoms with Crippen LogP contribution in [0.4, 0.5) is 4.39 Å². The molecule has 1 unspecified atom stereocenters. The number of halogens is 2. The number of hydrogen-bond acceptors (Lipinski definition) is 5. The maximum absolute atomic E-state index is 13.4. The van der Waals surface area contributed by atoms with E-state index in [0.717, 1.165) is 29.5 Å². The van der Waals surface area contributed by atoms with Crippen molar-refractivity contribution in [3.8, 4) is 0 Å². The lowest BCUT2D eigenvalue weighted by Gasteiger charge is -2.33. The van der Waals surface area contributed by atoms with Gasteiger partial charge in [0.15, 0.2) is 0 Å². The van der Waals surface area contributed by atoms with Crippen LogP contribution in [0.2, 0.25) is 5.02 Å². The van der Waals surface area contributed by atoms with Crippen molar-refractivity contribution in [1.82, 2.24) is 14.2 Å². The molecule has 1 aromatic heterocycles. The van der Waals surface area contributed by atoms with Crippen LogP contribution in [0.1, 0.15) is 69.2 Å². The minimum atomic E-state index is -3.81. The summed E-state index contributed by atoms with van der Waals surface area (Å²) < 4.78 is 49.8. The molecular formula is C31H37ClFN3O5S. The van der Waals surface area contributed by atoms with Gasteiger partial charge in [-0.1, -0.05) is 23.7 Å². The Morgan fingerprint density at radius 1 is 1.07 bits per heavy atom. The molecule has 0 radical (unpaired) electrons. The molecule has 8 nitrogen and oxygen atoms in total. The number of nitrogens with one attached hydrogen (secondary N) is 1. The summed E-state index contributed by atoms with van der Waals surface area (Å²) in [7, 11) is -2.01. The minimum Gasteiger partial charge on any atom is -0.466 e. The van der Waals surface area contributed by atoms with Crippen molar-refractivity contribution in [2.45, 2.75) is 75.3 Å². The van der Waals surface area contributed by atoms with Gasteiger partial charge in [-0.3, -0.25) is 9.59 Å². The van der Waals surface area contributed by atoms with E-state index in [-0.39, 0.29) is 47.0 Å². The van der Waals surface area contributed by atoms with Crippen LogP contribution in [-0.2, 0) is 37.8 Å². The van der Waals surface area contributed by atoms with E-state index in [1.165, 1.54) is 12.1 Å². The molecule has 0 bridgehead atoms. The van der Waals surface area contributed by atoms with E-state index in [4.69, 9.17) is 16.3 Å². The van der Waals surface area contributed by atoms with Crippen molar-refractivity contribution >= 4 is 44.4 Å². The van der Waals surface area contributed by atoms with Gasteiger partial charge in [0.05, 0.1) is 34.5 Å². The Balaban J connectivity index is 1.22. The smallest absolute Gasteiger partial charge is 0.306 e. The number of rotatable bonds is 9. The monoisotopic (exact) mass is 617 g/mol. The Bertz CT molecular complexity index is 1570. The number of benzene rings is 2. The average Bonchev–Trinajstić information content (AvgIpc) is 3.55. The highest BCUT2D eigenvalue weighted by Gasteiger charge is 2.36. The summed E-state index contributed by atoms with van der Waals surface area (Å²) in [5.41, 5.74) is 2.36. The van der Waals surface area contributed by atoms with Gasteiger partial charge in [-0.15, -0.1) is 0 Å². The quantitative estimate of drug-likeness (QED) is 0.312. The summed E-state index contributed by atoms with van der Waals surface area (Å²) in [6.07, 6.45) is 4.68. The van der Waals surface area contributed by atoms with E-state index in [9.17, 15) is 22.4 Å². The molecule has 3 aromatic rings. The third-order valence-corrected chi connectivity index (χ3v) is 10.5. The predicted molar refractivity (Wildman–Crippen MR) is 159 cm³/mol. The summed E-state index contributed by atoms with van der Waals surface area (Å²) >= 11 is 6.60. The van der Waals surface area contributed by atoms with Gasteiger partial charge >= 0.3 is 5.97 Å². The number of aryl methyl sites for hydroxylation is 1. The molecule has 42 heavy (non-hydrogen) atoms. The van der Waals surface area contributed by atoms with E-state index < -0.39 is 10.0 Å². The molecule has 0 spiro atoms. The van der Waals surface area contributed by atoms with Crippen LogP contribution >= 0.6 is 11.6 Å². The van der Waals surface area contributed by atoms with E-state index in [2.05, 4.69) is 4.72 Å². The molecule has 1 saturated carbocycles. The molecule has 2 heterocycles. The molecule has 2 fully saturated rings. The minimum absolute atomic E-state index is 0.0408. The molecule has 1 amide bonds. The number of hydrogen-bond donors (Lipinski definition) is 1. The molecule has 1 N–H and O–H groups in total. The van der Waals surface area contributed by atoms with Crippen molar-refractivity contribution in [3.05, 3.63) is 64.6 Å². The van der Waals surface area contributed by atoms with Crippen molar-refractivity contribution in [2.75, 3.05) is 13.2 Å². The topological polar surface area (TPSA) is 97.7 Å². The number of carbonyl (C=O) groups excluding carboxylic acids is 2. The van der Waals surface area contributed by atoms with Gasteiger partial charge in [0.2, 0.25) is 15.9 Å². The molecule has 11 heteroatoms. The molecule has 1 saturated heterocycles. The van der Waals surface area contributed by atoms with Crippen LogP contribution in [0, 0.1) is 11.7 Å². The second-order valence-electron chi connectivity index (χ2n) is 11.2. The normalized spacial score (nSPS) is 21.1. The Kier molecular flexibility index (Phi) is 9.25. The third kappa shape index (κ3) is 6.35. The maximum atomic E-state index is 13.4. The first-order valence-corrected chi connectivity index (χ1v) is 16.5. The summed E-state index contributed by atoms with van der Waals surface area (Å²) in [5, 5.41) is 1.22. The number of carbonyl (C=O) groups is 2. The number of ether oxygens (including phenoxy) is 1. The van der Waals surface area contributed by atoms with Gasteiger partial charge in [-0.2, -0.15) is 0 Å². The fraction of sp³-hybridized carbons (Fsp3) is 0.484. The van der Waals surface area contributed by atoms with Crippen LogP contribution < -0.4 is 4.72 Å². The van der Waals surface area contributed by atoms with Crippen LogP contribution in [0.25, 0.3) is 10.9 Å². The molecular weight excluding hydrogens is 581 g/mol. The Morgan fingerprint density at radius 2 is 1.79 bits per heavy atom. The summed E-state index contributed by atoms with van der Waals surface area (Å²) in [5.74, 6) is -0.649. The van der Waals surface area contributed by atoms with E-state index >= 15 is 0 Å². The largest absolute Gasteiger partial charge is 0.466 e. The predicted octanol–water partition coefficient (Wildman–Crippen LogP) is 5.67.